The Kier molecular flexibility index (Phi) is 2.89. The van der Waals surface area contributed by atoms with Crippen LogP contribution in [0.4, 0.5) is 5.69 Å². The van der Waals surface area contributed by atoms with E-state index in [2.05, 4.69) is 15.1 Å². The van der Waals surface area contributed by atoms with Gasteiger partial charge in [-0.2, -0.15) is 0 Å². The fourth-order valence-electron chi connectivity index (χ4n) is 1.68. The molecule has 0 spiro atoms. The molecule has 94 valence electrons. The number of hydrogen-bond acceptors (Lipinski definition) is 4. The van der Waals surface area contributed by atoms with E-state index in [1.807, 2.05) is 24.3 Å². The van der Waals surface area contributed by atoms with E-state index in [4.69, 9.17) is 17.3 Å². The summed E-state index contributed by atoms with van der Waals surface area (Å²) in [6.07, 6.45) is 3.24. The molecule has 2 heterocycles. The molecule has 0 aliphatic carbocycles. The zero-order valence-electron chi connectivity index (χ0n) is 9.86. The summed E-state index contributed by atoms with van der Waals surface area (Å²) in [6, 6.07) is 10.9. The van der Waals surface area contributed by atoms with Crippen molar-refractivity contribution in [1.82, 2.24) is 19.7 Å². The Morgan fingerprint density at radius 3 is 2.58 bits per heavy atom. The lowest BCUT2D eigenvalue weighted by Gasteiger charge is -2.00. The maximum Gasteiger partial charge on any atom is 0.181 e. The van der Waals surface area contributed by atoms with Gasteiger partial charge >= 0.3 is 0 Å². The first-order chi connectivity index (χ1) is 9.24. The van der Waals surface area contributed by atoms with Gasteiger partial charge in [-0.15, -0.1) is 5.10 Å². The van der Waals surface area contributed by atoms with E-state index < -0.39 is 0 Å². The molecular weight excluding hydrogens is 262 g/mol. The number of nitrogens with zero attached hydrogens (tertiary/aromatic N) is 4. The van der Waals surface area contributed by atoms with Crippen LogP contribution in [0.3, 0.4) is 0 Å². The van der Waals surface area contributed by atoms with Crippen LogP contribution in [0, 0.1) is 0 Å². The maximum atomic E-state index is 6.07. The van der Waals surface area contributed by atoms with E-state index >= 15 is 0 Å². The second-order valence-corrected chi connectivity index (χ2v) is 4.35. The Balaban J connectivity index is 2.00. The number of nitrogens with two attached hydrogens (primary N) is 1. The summed E-state index contributed by atoms with van der Waals surface area (Å²) in [5.74, 6) is 1.15. The predicted molar refractivity (Wildman–Crippen MR) is 74.0 cm³/mol. The maximum absolute atomic E-state index is 6.07. The lowest BCUT2D eigenvalue weighted by atomic mass is 10.2. The normalized spacial score (nSPS) is 10.6. The van der Waals surface area contributed by atoms with Crippen LogP contribution < -0.4 is 5.73 Å². The molecule has 0 amide bonds. The minimum Gasteiger partial charge on any atom is -0.399 e. The molecule has 0 atom stereocenters. The fraction of sp³-hybridized carbons (Fsp3) is 0. The molecule has 3 aromatic rings. The second kappa shape index (κ2) is 4.70. The Hall–Kier alpha value is -2.40. The van der Waals surface area contributed by atoms with E-state index in [0.29, 0.717) is 22.4 Å². The third kappa shape index (κ3) is 2.28. The van der Waals surface area contributed by atoms with Crippen LogP contribution >= 0.6 is 11.6 Å². The van der Waals surface area contributed by atoms with E-state index in [1.54, 1.807) is 29.3 Å². The largest absolute Gasteiger partial charge is 0.399 e. The Bertz CT molecular complexity index is 705. The molecule has 3 rings (SSSR count). The molecule has 0 aliphatic rings. The van der Waals surface area contributed by atoms with Crippen LogP contribution in [-0.2, 0) is 0 Å². The summed E-state index contributed by atoms with van der Waals surface area (Å²) in [4.78, 5) is 8.42. The zero-order chi connectivity index (χ0) is 13.2. The van der Waals surface area contributed by atoms with Gasteiger partial charge in [0.1, 0.15) is 6.33 Å². The second-order valence-electron chi connectivity index (χ2n) is 3.94. The van der Waals surface area contributed by atoms with Crippen molar-refractivity contribution in [2.75, 3.05) is 5.73 Å². The number of anilines is 1. The third-order valence-corrected chi connectivity index (χ3v) is 2.91. The first-order valence-electron chi connectivity index (χ1n) is 5.62. The van der Waals surface area contributed by atoms with Gasteiger partial charge in [0.25, 0.3) is 0 Å². The zero-order valence-corrected chi connectivity index (χ0v) is 10.6. The molecule has 2 N–H and O–H groups in total. The van der Waals surface area contributed by atoms with Crippen LogP contribution in [0.15, 0.2) is 48.9 Å². The van der Waals surface area contributed by atoms with Gasteiger partial charge in [-0.25, -0.2) is 14.6 Å². The van der Waals surface area contributed by atoms with Gasteiger partial charge in [0.05, 0.1) is 5.02 Å². The Labute approximate surface area is 114 Å². The molecule has 1 aromatic carbocycles. The van der Waals surface area contributed by atoms with Gasteiger partial charge in [0.15, 0.2) is 11.6 Å². The topological polar surface area (TPSA) is 69.6 Å². The molecule has 0 bridgehead atoms. The van der Waals surface area contributed by atoms with E-state index in [0.717, 1.165) is 5.56 Å². The minimum atomic E-state index is 0.524. The summed E-state index contributed by atoms with van der Waals surface area (Å²) in [6.45, 7) is 0. The molecule has 19 heavy (non-hydrogen) atoms. The lowest BCUT2D eigenvalue weighted by molar-refractivity contribution is 0.848. The molecule has 6 heteroatoms. The van der Waals surface area contributed by atoms with Crippen molar-refractivity contribution in [2.24, 2.45) is 0 Å². The highest BCUT2D eigenvalue weighted by Crippen LogP contribution is 2.19. The fourth-order valence-corrected chi connectivity index (χ4v) is 1.88. The number of pyridine rings is 1. The van der Waals surface area contributed by atoms with Gasteiger partial charge in [-0.05, 0) is 36.4 Å². The summed E-state index contributed by atoms with van der Waals surface area (Å²) in [5, 5.41) is 4.88. The Morgan fingerprint density at radius 1 is 1.05 bits per heavy atom. The number of hydrogen-bond donors (Lipinski definition) is 1. The number of nitrogen functional groups attached to an aromatic ring is 1. The molecule has 5 nitrogen and oxygen atoms in total. The molecule has 2 aromatic heterocycles. The van der Waals surface area contributed by atoms with E-state index in [1.165, 1.54) is 0 Å². The van der Waals surface area contributed by atoms with Crippen molar-refractivity contribution in [1.29, 1.82) is 0 Å². The summed E-state index contributed by atoms with van der Waals surface area (Å²) in [7, 11) is 0. The number of rotatable bonds is 2. The van der Waals surface area contributed by atoms with Gasteiger partial charge < -0.3 is 5.73 Å². The summed E-state index contributed by atoms with van der Waals surface area (Å²) >= 11 is 6.07. The van der Waals surface area contributed by atoms with Crippen LogP contribution in [0.5, 0.6) is 0 Å². The number of benzene rings is 1. The third-order valence-electron chi connectivity index (χ3n) is 2.62. The molecule has 0 saturated heterocycles. The number of aromatic nitrogens is 4. The molecular formula is C13H10ClN5. The molecule has 0 aliphatic heterocycles. The highest BCUT2D eigenvalue weighted by molar-refractivity contribution is 6.32. The van der Waals surface area contributed by atoms with Gasteiger partial charge in [-0.1, -0.05) is 11.6 Å². The van der Waals surface area contributed by atoms with Gasteiger partial charge in [0, 0.05) is 17.4 Å². The highest BCUT2D eigenvalue weighted by Gasteiger charge is 2.08. The number of halogens is 1. The van der Waals surface area contributed by atoms with Gasteiger partial charge in [-0.3, -0.25) is 0 Å². The minimum absolute atomic E-state index is 0.524. The van der Waals surface area contributed by atoms with Gasteiger partial charge in [0.2, 0.25) is 0 Å². The average Bonchev–Trinajstić information content (AvgIpc) is 2.89. The summed E-state index contributed by atoms with van der Waals surface area (Å²) in [5.41, 5.74) is 7.24. The lowest BCUT2D eigenvalue weighted by Crippen LogP contribution is -1.98. The van der Waals surface area contributed by atoms with E-state index in [9.17, 15) is 0 Å². The molecule has 0 fully saturated rings. The van der Waals surface area contributed by atoms with Crippen LogP contribution in [0.25, 0.3) is 17.2 Å². The van der Waals surface area contributed by atoms with Crippen molar-refractivity contribution >= 4 is 17.3 Å². The van der Waals surface area contributed by atoms with Crippen molar-refractivity contribution < 1.29 is 0 Å². The van der Waals surface area contributed by atoms with Crippen LogP contribution in [0.2, 0.25) is 5.02 Å². The van der Waals surface area contributed by atoms with Crippen LogP contribution in [-0.4, -0.2) is 19.7 Å². The van der Waals surface area contributed by atoms with E-state index in [-0.39, 0.29) is 0 Å². The first-order valence-corrected chi connectivity index (χ1v) is 6.00. The summed E-state index contributed by atoms with van der Waals surface area (Å²) < 4.78 is 1.55. The van der Waals surface area contributed by atoms with Crippen molar-refractivity contribution in [3.63, 3.8) is 0 Å². The van der Waals surface area contributed by atoms with Crippen LogP contribution in [0.1, 0.15) is 0 Å². The molecule has 0 unspecified atom stereocenters. The smallest absolute Gasteiger partial charge is 0.181 e. The quantitative estimate of drug-likeness (QED) is 0.727. The van der Waals surface area contributed by atoms with Crippen molar-refractivity contribution in [3.05, 3.63) is 53.9 Å². The van der Waals surface area contributed by atoms with Crippen molar-refractivity contribution in [3.8, 4) is 17.2 Å². The van der Waals surface area contributed by atoms with Crippen molar-refractivity contribution in [2.45, 2.75) is 0 Å². The average molecular weight is 272 g/mol. The predicted octanol–water partition coefficient (Wildman–Crippen LogP) is 2.56. The Morgan fingerprint density at radius 2 is 1.84 bits per heavy atom. The standard InChI is InChI=1S/C13H10ClN5/c14-11-2-1-7-16-13(11)19-8-17-12(18-19)9-3-5-10(15)6-4-9/h1-8H,15H2. The SMILES string of the molecule is Nc1ccc(-c2ncn(-c3ncccc3Cl)n2)cc1. The highest BCUT2D eigenvalue weighted by atomic mass is 35.5. The molecule has 0 saturated carbocycles. The monoisotopic (exact) mass is 271 g/mol. The molecule has 0 radical (unpaired) electrons. The first kappa shape index (κ1) is 11.7.